The van der Waals surface area contributed by atoms with Crippen LogP contribution in [0.4, 0.5) is 5.69 Å². The number of amides is 1. The standard InChI is InChI=1S/C16H22N4O3/c1-2-7-17-16(21)13-19-10-8-18(9-11-19)12-14-5-3-4-6-15(14)20(22)23/h2-6H,1,7-13H2,(H,17,21). The minimum atomic E-state index is -0.338. The van der Waals surface area contributed by atoms with Crippen LogP contribution in [0, 0.1) is 10.1 Å². The smallest absolute Gasteiger partial charge is 0.273 e. The molecule has 0 unspecified atom stereocenters. The predicted octanol–water partition coefficient (Wildman–Crippen LogP) is 1.01. The summed E-state index contributed by atoms with van der Waals surface area (Å²) in [5.74, 6) is -0.00273. The number of nitrogens with zero attached hydrogens (tertiary/aromatic N) is 3. The van der Waals surface area contributed by atoms with E-state index in [0.29, 0.717) is 19.6 Å². The molecule has 1 N–H and O–H groups in total. The van der Waals surface area contributed by atoms with Crippen molar-refractivity contribution in [1.82, 2.24) is 15.1 Å². The minimum Gasteiger partial charge on any atom is -0.352 e. The normalized spacial score (nSPS) is 16.0. The Labute approximate surface area is 135 Å². The third-order valence-electron chi connectivity index (χ3n) is 3.86. The van der Waals surface area contributed by atoms with Crippen LogP contribution in [-0.2, 0) is 11.3 Å². The van der Waals surface area contributed by atoms with Gasteiger partial charge < -0.3 is 5.32 Å². The molecule has 124 valence electrons. The Morgan fingerprint density at radius 3 is 2.57 bits per heavy atom. The van der Waals surface area contributed by atoms with E-state index in [1.807, 2.05) is 6.07 Å². The van der Waals surface area contributed by atoms with Crippen LogP contribution in [0.2, 0.25) is 0 Å². The summed E-state index contributed by atoms with van der Waals surface area (Å²) >= 11 is 0. The van der Waals surface area contributed by atoms with E-state index in [4.69, 9.17) is 0 Å². The van der Waals surface area contributed by atoms with Crippen LogP contribution in [0.15, 0.2) is 36.9 Å². The molecule has 0 saturated carbocycles. The molecule has 1 saturated heterocycles. The number of rotatable bonds is 7. The number of piperazine rings is 1. The summed E-state index contributed by atoms with van der Waals surface area (Å²) < 4.78 is 0. The minimum absolute atomic E-state index is 0.00273. The third kappa shape index (κ3) is 5.15. The van der Waals surface area contributed by atoms with Crippen LogP contribution in [0.5, 0.6) is 0 Å². The van der Waals surface area contributed by atoms with Crippen LogP contribution in [0.1, 0.15) is 5.56 Å². The van der Waals surface area contributed by atoms with Gasteiger partial charge in [-0.15, -0.1) is 6.58 Å². The monoisotopic (exact) mass is 318 g/mol. The first-order valence-electron chi connectivity index (χ1n) is 7.64. The van der Waals surface area contributed by atoms with Crippen LogP contribution in [0.3, 0.4) is 0 Å². The van der Waals surface area contributed by atoms with Crippen molar-refractivity contribution in [2.24, 2.45) is 0 Å². The number of benzene rings is 1. The van der Waals surface area contributed by atoms with Crippen molar-refractivity contribution in [2.75, 3.05) is 39.3 Å². The molecule has 7 nitrogen and oxygen atoms in total. The molecule has 1 aromatic rings. The second-order valence-electron chi connectivity index (χ2n) is 5.53. The largest absolute Gasteiger partial charge is 0.352 e. The van der Waals surface area contributed by atoms with Crippen LogP contribution in [0.25, 0.3) is 0 Å². The van der Waals surface area contributed by atoms with Gasteiger partial charge in [0.2, 0.25) is 5.91 Å². The van der Waals surface area contributed by atoms with Gasteiger partial charge in [0.1, 0.15) is 0 Å². The summed E-state index contributed by atoms with van der Waals surface area (Å²) in [6, 6.07) is 6.84. The van der Waals surface area contributed by atoms with Gasteiger partial charge in [-0.05, 0) is 0 Å². The van der Waals surface area contributed by atoms with Crippen molar-refractivity contribution in [3.63, 3.8) is 0 Å². The Hall–Kier alpha value is -2.25. The van der Waals surface area contributed by atoms with Crippen LogP contribution >= 0.6 is 0 Å². The Morgan fingerprint density at radius 1 is 1.26 bits per heavy atom. The highest BCUT2D eigenvalue weighted by atomic mass is 16.6. The Balaban J connectivity index is 1.82. The average molecular weight is 318 g/mol. The van der Waals surface area contributed by atoms with Gasteiger partial charge in [-0.3, -0.25) is 24.7 Å². The first-order valence-corrected chi connectivity index (χ1v) is 7.64. The number of nitro groups is 1. The third-order valence-corrected chi connectivity index (χ3v) is 3.86. The molecule has 1 fully saturated rings. The number of carbonyl (C=O) groups excluding carboxylic acids is 1. The van der Waals surface area contributed by atoms with E-state index in [9.17, 15) is 14.9 Å². The van der Waals surface area contributed by atoms with Crippen LogP contribution < -0.4 is 5.32 Å². The molecule has 0 atom stereocenters. The maximum absolute atomic E-state index is 11.7. The molecule has 0 radical (unpaired) electrons. The number of hydrogen-bond donors (Lipinski definition) is 1. The van der Waals surface area contributed by atoms with E-state index < -0.39 is 0 Å². The highest BCUT2D eigenvalue weighted by molar-refractivity contribution is 5.78. The predicted molar refractivity (Wildman–Crippen MR) is 88.0 cm³/mol. The number of hydrogen-bond acceptors (Lipinski definition) is 5. The second kappa shape index (κ2) is 8.40. The summed E-state index contributed by atoms with van der Waals surface area (Å²) in [5, 5.41) is 13.8. The number of para-hydroxylation sites is 1. The van der Waals surface area contributed by atoms with E-state index in [0.717, 1.165) is 31.7 Å². The Bertz CT molecular complexity index is 568. The quantitative estimate of drug-likeness (QED) is 0.461. The number of nitro benzene ring substituents is 1. The maximum atomic E-state index is 11.7. The lowest BCUT2D eigenvalue weighted by molar-refractivity contribution is -0.385. The van der Waals surface area contributed by atoms with E-state index in [1.165, 1.54) is 6.07 Å². The molecule has 2 rings (SSSR count). The average Bonchev–Trinajstić information content (AvgIpc) is 2.55. The van der Waals surface area contributed by atoms with Gasteiger partial charge in [0.15, 0.2) is 0 Å². The molecular formula is C16H22N4O3. The van der Waals surface area contributed by atoms with Crippen LogP contribution in [-0.4, -0.2) is 59.9 Å². The fourth-order valence-corrected chi connectivity index (χ4v) is 2.61. The van der Waals surface area contributed by atoms with E-state index in [-0.39, 0.29) is 16.5 Å². The second-order valence-corrected chi connectivity index (χ2v) is 5.53. The summed E-state index contributed by atoms with van der Waals surface area (Å²) in [4.78, 5) is 26.7. The highest BCUT2D eigenvalue weighted by Gasteiger charge is 2.21. The molecule has 0 spiro atoms. The molecule has 1 aliphatic rings. The molecule has 1 aromatic carbocycles. The summed E-state index contributed by atoms with van der Waals surface area (Å²) in [7, 11) is 0. The zero-order valence-electron chi connectivity index (χ0n) is 13.1. The molecule has 0 bridgehead atoms. The zero-order chi connectivity index (χ0) is 16.7. The number of carbonyl (C=O) groups is 1. The molecule has 1 aliphatic heterocycles. The van der Waals surface area contributed by atoms with E-state index >= 15 is 0 Å². The van der Waals surface area contributed by atoms with Gasteiger partial charge in [-0.1, -0.05) is 24.3 Å². The first kappa shape index (κ1) is 17.1. The van der Waals surface area contributed by atoms with Crippen molar-refractivity contribution in [3.05, 3.63) is 52.6 Å². The molecule has 1 amide bonds. The van der Waals surface area contributed by atoms with Gasteiger partial charge in [0.05, 0.1) is 11.5 Å². The van der Waals surface area contributed by atoms with Gasteiger partial charge in [-0.2, -0.15) is 0 Å². The molecule has 7 heteroatoms. The van der Waals surface area contributed by atoms with Crippen molar-refractivity contribution >= 4 is 11.6 Å². The molecule has 1 heterocycles. The van der Waals surface area contributed by atoms with Crippen molar-refractivity contribution in [1.29, 1.82) is 0 Å². The summed E-state index contributed by atoms with van der Waals surface area (Å²) in [6.45, 7) is 8.14. The molecule has 0 aliphatic carbocycles. The molecular weight excluding hydrogens is 296 g/mol. The molecule has 0 aromatic heterocycles. The van der Waals surface area contributed by atoms with Crippen molar-refractivity contribution < 1.29 is 9.72 Å². The van der Waals surface area contributed by atoms with Gasteiger partial charge in [0, 0.05) is 50.9 Å². The summed E-state index contributed by atoms with van der Waals surface area (Å²) in [5.41, 5.74) is 0.897. The van der Waals surface area contributed by atoms with Gasteiger partial charge in [0.25, 0.3) is 5.69 Å². The number of nitrogens with one attached hydrogen (secondary N) is 1. The lowest BCUT2D eigenvalue weighted by Gasteiger charge is -2.34. The Kier molecular flexibility index (Phi) is 6.25. The molecule has 23 heavy (non-hydrogen) atoms. The summed E-state index contributed by atoms with van der Waals surface area (Å²) in [6.07, 6.45) is 1.66. The fourth-order valence-electron chi connectivity index (χ4n) is 2.61. The lowest BCUT2D eigenvalue weighted by Crippen LogP contribution is -2.49. The van der Waals surface area contributed by atoms with E-state index in [1.54, 1.807) is 18.2 Å². The zero-order valence-corrected chi connectivity index (χ0v) is 13.1. The fraction of sp³-hybridized carbons (Fsp3) is 0.438. The van der Waals surface area contributed by atoms with Gasteiger partial charge >= 0.3 is 0 Å². The lowest BCUT2D eigenvalue weighted by atomic mass is 10.1. The van der Waals surface area contributed by atoms with Crippen molar-refractivity contribution in [2.45, 2.75) is 6.54 Å². The van der Waals surface area contributed by atoms with E-state index in [2.05, 4.69) is 21.7 Å². The highest BCUT2D eigenvalue weighted by Crippen LogP contribution is 2.20. The van der Waals surface area contributed by atoms with Crippen molar-refractivity contribution in [3.8, 4) is 0 Å². The Morgan fingerprint density at radius 2 is 1.91 bits per heavy atom. The SMILES string of the molecule is C=CCNC(=O)CN1CCN(Cc2ccccc2[N+](=O)[O-])CC1. The maximum Gasteiger partial charge on any atom is 0.273 e. The topological polar surface area (TPSA) is 78.7 Å². The van der Waals surface area contributed by atoms with Gasteiger partial charge in [-0.25, -0.2) is 0 Å². The first-order chi connectivity index (χ1) is 11.1.